The van der Waals surface area contributed by atoms with Crippen LogP contribution in [-0.4, -0.2) is 15.6 Å². The third-order valence-corrected chi connectivity index (χ3v) is 2.60. The molecule has 0 N–H and O–H groups in total. The largest absolute Gasteiger partial charge is 0.367 e. The number of ether oxygens (including phenoxy) is 1. The molecule has 0 bridgehead atoms. The predicted octanol–water partition coefficient (Wildman–Crippen LogP) is 2.94. The van der Waals surface area contributed by atoms with Gasteiger partial charge in [0.25, 0.3) is 0 Å². The van der Waals surface area contributed by atoms with E-state index in [-0.39, 0.29) is 9.02 Å². The lowest BCUT2D eigenvalue weighted by Crippen LogP contribution is -2.31. The molecule has 0 aliphatic carbocycles. The molecule has 1 rings (SSSR count). The zero-order chi connectivity index (χ0) is 8.70. The van der Waals surface area contributed by atoms with Crippen molar-refractivity contribution in [2.24, 2.45) is 0 Å². The number of hydrogen-bond acceptors (Lipinski definition) is 1. The molecule has 0 amide bonds. The Kier molecular flexibility index (Phi) is 2.36. The Morgan fingerprint density at radius 3 is 2.27 bits per heavy atom. The van der Waals surface area contributed by atoms with Gasteiger partial charge in [0.2, 0.25) is 0 Å². The lowest BCUT2D eigenvalue weighted by atomic mass is 9.90. The molecule has 0 spiro atoms. The first-order chi connectivity index (χ1) is 4.84. The van der Waals surface area contributed by atoms with Gasteiger partial charge in [-0.3, -0.25) is 0 Å². The van der Waals surface area contributed by atoms with Crippen LogP contribution in [0.5, 0.6) is 0 Å². The van der Waals surface area contributed by atoms with Crippen LogP contribution in [0.1, 0.15) is 27.7 Å². The number of rotatable bonds is 1. The molecule has 0 aromatic rings. The third-order valence-electron chi connectivity index (χ3n) is 2.02. The highest BCUT2D eigenvalue weighted by Gasteiger charge is 2.36. The van der Waals surface area contributed by atoms with Crippen LogP contribution in [0.2, 0.25) is 0 Å². The maximum Gasteiger partial charge on any atom is 0.0853 e. The molecular formula is C9H15IO. The second-order valence-corrected chi connectivity index (χ2v) is 6.61. The van der Waals surface area contributed by atoms with E-state index in [2.05, 4.69) is 56.4 Å². The summed E-state index contributed by atoms with van der Waals surface area (Å²) < 4.78 is 5.80. The van der Waals surface area contributed by atoms with E-state index in [0.717, 1.165) is 6.61 Å². The van der Waals surface area contributed by atoms with Gasteiger partial charge in [-0.05, 0) is 33.3 Å². The smallest absolute Gasteiger partial charge is 0.0853 e. The molecule has 2 heteroatoms. The Bertz CT molecular complexity index is 186. The minimum atomic E-state index is -0.0509. The maximum absolute atomic E-state index is 5.58. The summed E-state index contributed by atoms with van der Waals surface area (Å²) in [5, 5.41) is 0. The standard InChI is InChI=1S/C9H15IO/c1-8(2,10)7-5-6-11-9(7,3)4/h5H,6H2,1-4H3. The zero-order valence-corrected chi connectivity index (χ0v) is 9.73. The van der Waals surface area contributed by atoms with Crippen LogP contribution in [0, 0.1) is 0 Å². The van der Waals surface area contributed by atoms with E-state index >= 15 is 0 Å². The number of alkyl halides is 1. The summed E-state index contributed by atoms with van der Waals surface area (Å²) >= 11 is 2.46. The second-order valence-electron chi connectivity index (χ2n) is 3.91. The quantitative estimate of drug-likeness (QED) is 0.403. The van der Waals surface area contributed by atoms with Gasteiger partial charge >= 0.3 is 0 Å². The van der Waals surface area contributed by atoms with Crippen LogP contribution >= 0.6 is 22.6 Å². The normalized spacial score (nSPS) is 23.5. The van der Waals surface area contributed by atoms with Crippen LogP contribution in [0.25, 0.3) is 0 Å². The first-order valence-corrected chi connectivity index (χ1v) is 4.96. The SMILES string of the molecule is CC(C)(I)C1=CCOC1(C)C. The first-order valence-electron chi connectivity index (χ1n) is 3.88. The Hall–Kier alpha value is 0.430. The van der Waals surface area contributed by atoms with E-state index in [1.54, 1.807) is 0 Å². The van der Waals surface area contributed by atoms with Gasteiger partial charge in [-0.15, -0.1) is 0 Å². The predicted molar refractivity (Wildman–Crippen MR) is 56.2 cm³/mol. The van der Waals surface area contributed by atoms with Gasteiger partial charge in [-0.1, -0.05) is 28.7 Å². The third kappa shape index (κ3) is 1.96. The lowest BCUT2D eigenvalue weighted by molar-refractivity contribution is 0.0468. The van der Waals surface area contributed by atoms with E-state index in [4.69, 9.17) is 4.74 Å². The van der Waals surface area contributed by atoms with Gasteiger partial charge in [0.05, 0.1) is 12.2 Å². The summed E-state index contributed by atoms with van der Waals surface area (Å²) in [4.78, 5) is 0. The molecule has 0 fully saturated rings. The molecule has 0 atom stereocenters. The highest BCUT2D eigenvalue weighted by atomic mass is 127. The van der Waals surface area contributed by atoms with Gasteiger partial charge < -0.3 is 4.74 Å². The fourth-order valence-corrected chi connectivity index (χ4v) is 2.49. The molecule has 0 aromatic heterocycles. The van der Waals surface area contributed by atoms with Crippen molar-refractivity contribution < 1.29 is 4.74 Å². The second kappa shape index (κ2) is 2.73. The Balaban J connectivity index is 2.89. The Morgan fingerprint density at radius 1 is 1.55 bits per heavy atom. The van der Waals surface area contributed by atoms with Crippen molar-refractivity contribution in [1.82, 2.24) is 0 Å². The summed E-state index contributed by atoms with van der Waals surface area (Å²) in [5.74, 6) is 0. The molecule has 1 aliphatic heterocycles. The summed E-state index contributed by atoms with van der Waals surface area (Å²) in [5.41, 5.74) is 1.36. The Morgan fingerprint density at radius 2 is 2.09 bits per heavy atom. The fourth-order valence-electron chi connectivity index (χ4n) is 1.62. The van der Waals surface area contributed by atoms with Gasteiger partial charge in [0.15, 0.2) is 0 Å². The highest BCUT2D eigenvalue weighted by Crippen LogP contribution is 2.39. The highest BCUT2D eigenvalue weighted by molar-refractivity contribution is 14.1. The van der Waals surface area contributed by atoms with Crippen LogP contribution in [0.15, 0.2) is 11.6 Å². The van der Waals surface area contributed by atoms with Crippen molar-refractivity contribution in [2.45, 2.75) is 36.7 Å². The fraction of sp³-hybridized carbons (Fsp3) is 0.778. The molecular weight excluding hydrogens is 251 g/mol. The van der Waals surface area contributed by atoms with Gasteiger partial charge in [0.1, 0.15) is 0 Å². The molecule has 1 nitrogen and oxygen atoms in total. The molecule has 0 saturated heterocycles. The van der Waals surface area contributed by atoms with Gasteiger partial charge in [-0.2, -0.15) is 0 Å². The minimum absolute atomic E-state index is 0.0509. The summed E-state index contributed by atoms with van der Waals surface area (Å²) in [7, 11) is 0. The molecule has 64 valence electrons. The van der Waals surface area contributed by atoms with Gasteiger partial charge in [-0.25, -0.2) is 0 Å². The van der Waals surface area contributed by atoms with E-state index in [0.29, 0.717) is 0 Å². The summed E-state index contributed by atoms with van der Waals surface area (Å²) in [6.45, 7) is 9.47. The first kappa shape index (κ1) is 9.52. The average molecular weight is 266 g/mol. The zero-order valence-electron chi connectivity index (χ0n) is 7.57. The topological polar surface area (TPSA) is 9.23 Å². The van der Waals surface area contributed by atoms with Gasteiger partial charge in [0, 0.05) is 3.42 Å². The monoisotopic (exact) mass is 266 g/mol. The van der Waals surface area contributed by atoms with Crippen molar-refractivity contribution in [2.75, 3.05) is 6.61 Å². The van der Waals surface area contributed by atoms with Crippen molar-refractivity contribution in [3.63, 3.8) is 0 Å². The van der Waals surface area contributed by atoms with Crippen LogP contribution in [0.3, 0.4) is 0 Å². The maximum atomic E-state index is 5.58. The molecule has 0 aromatic carbocycles. The van der Waals surface area contributed by atoms with E-state index in [1.807, 2.05) is 0 Å². The van der Waals surface area contributed by atoms with E-state index in [1.165, 1.54) is 5.57 Å². The van der Waals surface area contributed by atoms with Crippen LogP contribution in [-0.2, 0) is 4.74 Å². The molecule has 1 aliphatic rings. The number of hydrogen-bond donors (Lipinski definition) is 0. The average Bonchev–Trinajstić information content (AvgIpc) is 2.06. The van der Waals surface area contributed by atoms with Crippen molar-refractivity contribution in [1.29, 1.82) is 0 Å². The van der Waals surface area contributed by atoms with Crippen molar-refractivity contribution >= 4 is 22.6 Å². The van der Waals surface area contributed by atoms with E-state index < -0.39 is 0 Å². The Labute approximate surface area is 82.3 Å². The number of halogens is 1. The molecule has 1 heterocycles. The molecule has 11 heavy (non-hydrogen) atoms. The molecule has 0 radical (unpaired) electrons. The summed E-state index contributed by atoms with van der Waals surface area (Å²) in [6, 6.07) is 0. The lowest BCUT2D eigenvalue weighted by Gasteiger charge is -2.30. The van der Waals surface area contributed by atoms with E-state index in [9.17, 15) is 0 Å². The molecule has 0 unspecified atom stereocenters. The van der Waals surface area contributed by atoms with Crippen molar-refractivity contribution in [3.05, 3.63) is 11.6 Å². The van der Waals surface area contributed by atoms with Crippen LogP contribution in [0.4, 0.5) is 0 Å². The summed E-state index contributed by atoms with van der Waals surface area (Å²) in [6.07, 6.45) is 2.20. The molecule has 0 saturated carbocycles. The van der Waals surface area contributed by atoms with Crippen LogP contribution < -0.4 is 0 Å². The van der Waals surface area contributed by atoms with Crippen molar-refractivity contribution in [3.8, 4) is 0 Å². The minimum Gasteiger partial charge on any atom is -0.367 e.